The second-order valence-electron chi connectivity index (χ2n) is 17.8. The number of hydrogen-bond acceptors (Lipinski definition) is 6. The van der Waals surface area contributed by atoms with Crippen LogP contribution in [-0.4, -0.2) is 37.2 Å². The molecule has 0 rings (SSSR count). The van der Waals surface area contributed by atoms with Gasteiger partial charge < -0.3 is 14.2 Å². The molecular formula is C58H100O6. The van der Waals surface area contributed by atoms with Gasteiger partial charge in [0.2, 0.25) is 0 Å². The summed E-state index contributed by atoms with van der Waals surface area (Å²) in [6.45, 7) is 6.52. The molecule has 0 saturated carbocycles. The molecular weight excluding hydrogens is 793 g/mol. The number of hydrogen-bond donors (Lipinski definition) is 0. The van der Waals surface area contributed by atoms with E-state index in [9.17, 15) is 14.4 Å². The van der Waals surface area contributed by atoms with Gasteiger partial charge in [-0.2, -0.15) is 0 Å². The van der Waals surface area contributed by atoms with Gasteiger partial charge in [-0.25, -0.2) is 0 Å². The molecule has 0 aliphatic carbocycles. The molecule has 64 heavy (non-hydrogen) atoms. The molecule has 0 bridgehead atoms. The second-order valence-corrected chi connectivity index (χ2v) is 17.8. The predicted molar refractivity (Wildman–Crippen MR) is 274 cm³/mol. The van der Waals surface area contributed by atoms with Crippen LogP contribution in [0.1, 0.15) is 258 Å². The zero-order valence-corrected chi connectivity index (χ0v) is 42.0. The third-order valence-electron chi connectivity index (χ3n) is 11.4. The number of carbonyl (C=O) groups excluding carboxylic acids is 3. The van der Waals surface area contributed by atoms with Crippen LogP contribution in [0.2, 0.25) is 0 Å². The highest BCUT2D eigenvalue weighted by Crippen LogP contribution is 2.14. The highest BCUT2D eigenvalue weighted by Gasteiger charge is 2.19. The van der Waals surface area contributed by atoms with Crippen molar-refractivity contribution in [3.05, 3.63) is 72.9 Å². The van der Waals surface area contributed by atoms with Crippen LogP contribution in [0.3, 0.4) is 0 Å². The maximum Gasteiger partial charge on any atom is 0.306 e. The lowest BCUT2D eigenvalue weighted by molar-refractivity contribution is -0.167. The first-order valence-corrected chi connectivity index (χ1v) is 26.9. The van der Waals surface area contributed by atoms with Crippen LogP contribution in [0, 0.1) is 0 Å². The zero-order valence-electron chi connectivity index (χ0n) is 42.0. The topological polar surface area (TPSA) is 78.9 Å². The molecule has 0 amide bonds. The molecule has 0 radical (unpaired) electrons. The molecule has 0 aliphatic rings. The van der Waals surface area contributed by atoms with Gasteiger partial charge >= 0.3 is 17.9 Å². The van der Waals surface area contributed by atoms with Crippen LogP contribution in [0.25, 0.3) is 0 Å². The molecule has 0 unspecified atom stereocenters. The average molecular weight is 893 g/mol. The third-order valence-corrected chi connectivity index (χ3v) is 11.4. The standard InChI is InChI=1S/C58H100O6/c1-4-7-10-13-16-19-22-25-27-28-29-30-32-33-36-39-42-45-48-51-57(60)63-54-55(53-62-56(59)50-47-44-41-38-35-24-21-18-15-12-9-6-3)64-58(61)52-49-46-43-40-37-34-31-26-23-20-17-14-11-8-5-2/h16-21,25-27,31,37,40,55H,4-15,22-24,28-30,32-36,38-39,41-54H2,1-3H3/b19-16-,20-17-,21-18-,27-25-,31-26-,40-37-/t55-/m1/s1. The minimum absolute atomic E-state index is 0.0955. The summed E-state index contributed by atoms with van der Waals surface area (Å²) in [6, 6.07) is 0. The molecule has 0 aromatic rings. The van der Waals surface area contributed by atoms with E-state index >= 15 is 0 Å². The maximum atomic E-state index is 12.8. The Balaban J connectivity index is 4.42. The number of esters is 3. The van der Waals surface area contributed by atoms with Gasteiger partial charge in [0.25, 0.3) is 0 Å². The van der Waals surface area contributed by atoms with E-state index in [4.69, 9.17) is 14.2 Å². The van der Waals surface area contributed by atoms with Gasteiger partial charge in [0.1, 0.15) is 13.2 Å². The quantitative estimate of drug-likeness (QED) is 0.0262. The zero-order chi connectivity index (χ0) is 46.5. The van der Waals surface area contributed by atoms with Gasteiger partial charge in [-0.15, -0.1) is 0 Å². The van der Waals surface area contributed by atoms with Crippen LogP contribution in [0.4, 0.5) is 0 Å². The Bertz CT molecular complexity index is 1210. The minimum atomic E-state index is -0.799. The van der Waals surface area contributed by atoms with Crippen molar-refractivity contribution < 1.29 is 28.6 Å². The molecule has 368 valence electrons. The Hall–Kier alpha value is -3.15. The lowest BCUT2D eigenvalue weighted by Gasteiger charge is -2.18. The molecule has 0 fully saturated rings. The maximum absolute atomic E-state index is 12.8. The van der Waals surface area contributed by atoms with E-state index in [0.29, 0.717) is 19.3 Å². The van der Waals surface area contributed by atoms with Crippen molar-refractivity contribution in [1.82, 2.24) is 0 Å². The van der Waals surface area contributed by atoms with Crippen molar-refractivity contribution in [2.45, 2.75) is 264 Å². The lowest BCUT2D eigenvalue weighted by Crippen LogP contribution is -2.30. The van der Waals surface area contributed by atoms with Crippen LogP contribution >= 0.6 is 0 Å². The number of unbranched alkanes of at least 4 members (excludes halogenated alkanes) is 25. The van der Waals surface area contributed by atoms with E-state index in [1.807, 2.05) is 0 Å². The fourth-order valence-corrected chi connectivity index (χ4v) is 7.30. The summed E-state index contributed by atoms with van der Waals surface area (Å²) in [5.74, 6) is -0.945. The fourth-order valence-electron chi connectivity index (χ4n) is 7.30. The molecule has 6 nitrogen and oxygen atoms in total. The van der Waals surface area contributed by atoms with Gasteiger partial charge in [0.15, 0.2) is 6.10 Å². The van der Waals surface area contributed by atoms with Gasteiger partial charge in [0, 0.05) is 19.3 Å². The largest absolute Gasteiger partial charge is 0.462 e. The van der Waals surface area contributed by atoms with Crippen molar-refractivity contribution in [3.63, 3.8) is 0 Å². The van der Waals surface area contributed by atoms with Gasteiger partial charge in [-0.05, 0) is 116 Å². The van der Waals surface area contributed by atoms with Crippen molar-refractivity contribution in [2.75, 3.05) is 13.2 Å². The number of rotatable bonds is 48. The van der Waals surface area contributed by atoms with Gasteiger partial charge in [-0.1, -0.05) is 196 Å². The molecule has 0 saturated heterocycles. The molecule has 1 atom stereocenters. The lowest BCUT2D eigenvalue weighted by atomic mass is 10.1. The van der Waals surface area contributed by atoms with E-state index in [2.05, 4.69) is 93.7 Å². The molecule has 0 aromatic heterocycles. The van der Waals surface area contributed by atoms with Crippen molar-refractivity contribution in [1.29, 1.82) is 0 Å². The van der Waals surface area contributed by atoms with Gasteiger partial charge in [-0.3, -0.25) is 14.4 Å². The first kappa shape index (κ1) is 60.9. The van der Waals surface area contributed by atoms with E-state index in [0.717, 1.165) is 77.0 Å². The first-order valence-electron chi connectivity index (χ1n) is 26.9. The summed E-state index contributed by atoms with van der Waals surface area (Å²) >= 11 is 0. The summed E-state index contributed by atoms with van der Waals surface area (Å²) in [5.41, 5.74) is 0. The number of allylic oxidation sites excluding steroid dienone is 12. The van der Waals surface area contributed by atoms with E-state index in [1.165, 1.54) is 135 Å². The summed E-state index contributed by atoms with van der Waals surface area (Å²) in [6.07, 6.45) is 66.0. The fraction of sp³-hybridized carbons (Fsp3) is 0.741. The van der Waals surface area contributed by atoms with E-state index in [1.54, 1.807) is 0 Å². The Morgan fingerprint density at radius 2 is 0.562 bits per heavy atom. The van der Waals surface area contributed by atoms with Crippen LogP contribution in [0.15, 0.2) is 72.9 Å². The molecule has 0 spiro atoms. The van der Waals surface area contributed by atoms with Crippen molar-refractivity contribution >= 4 is 17.9 Å². The SMILES string of the molecule is CCCCC/C=C\C/C=C\C/C=C\CCCCC(=O)O[C@H](COC(=O)CCCCCCC/C=C\CCCCC)COC(=O)CCCCCCCCCCC/C=C\C/C=C\CCCCC. The summed E-state index contributed by atoms with van der Waals surface area (Å²) < 4.78 is 16.8. The molecule has 0 N–H and O–H groups in total. The van der Waals surface area contributed by atoms with Crippen LogP contribution in [-0.2, 0) is 28.6 Å². The summed E-state index contributed by atoms with van der Waals surface area (Å²) in [7, 11) is 0. The van der Waals surface area contributed by atoms with Crippen molar-refractivity contribution in [2.24, 2.45) is 0 Å². The minimum Gasteiger partial charge on any atom is -0.462 e. The monoisotopic (exact) mass is 893 g/mol. The summed E-state index contributed by atoms with van der Waals surface area (Å²) in [5, 5.41) is 0. The first-order chi connectivity index (χ1) is 31.5. The highest BCUT2D eigenvalue weighted by atomic mass is 16.6. The normalized spacial score (nSPS) is 12.6. The van der Waals surface area contributed by atoms with E-state index < -0.39 is 6.10 Å². The molecule has 0 aromatic carbocycles. The Labute approximate surface area is 395 Å². The van der Waals surface area contributed by atoms with Crippen molar-refractivity contribution in [3.8, 4) is 0 Å². The van der Waals surface area contributed by atoms with Gasteiger partial charge in [0.05, 0.1) is 0 Å². The molecule has 0 heterocycles. The third kappa shape index (κ3) is 49.9. The Morgan fingerprint density at radius 3 is 0.922 bits per heavy atom. The Kier molecular flexibility index (Phi) is 49.9. The highest BCUT2D eigenvalue weighted by molar-refractivity contribution is 5.71. The molecule has 0 aliphatic heterocycles. The number of ether oxygens (including phenoxy) is 3. The second kappa shape index (κ2) is 52.5. The smallest absolute Gasteiger partial charge is 0.306 e. The molecule has 6 heteroatoms. The Morgan fingerprint density at radius 1 is 0.312 bits per heavy atom. The predicted octanol–water partition coefficient (Wildman–Crippen LogP) is 17.8. The number of carbonyl (C=O) groups is 3. The van der Waals surface area contributed by atoms with Crippen LogP contribution < -0.4 is 0 Å². The summed E-state index contributed by atoms with van der Waals surface area (Å²) in [4.78, 5) is 38.0. The van der Waals surface area contributed by atoms with Crippen LogP contribution in [0.5, 0.6) is 0 Å². The average Bonchev–Trinajstić information content (AvgIpc) is 3.29. The van der Waals surface area contributed by atoms with E-state index in [-0.39, 0.29) is 37.5 Å².